The highest BCUT2D eigenvalue weighted by Gasteiger charge is 2.08. The topological polar surface area (TPSA) is 54.6 Å². The number of carboxylic acids is 1. The summed E-state index contributed by atoms with van der Waals surface area (Å²) in [5.41, 5.74) is 1.71. The maximum atomic E-state index is 10.6. The van der Waals surface area contributed by atoms with Gasteiger partial charge in [0.25, 0.3) is 0 Å². The molecule has 0 aliphatic rings. The van der Waals surface area contributed by atoms with Crippen LogP contribution in [-0.2, 0) is 0 Å². The minimum Gasteiger partial charge on any atom is -1.00 e. The van der Waals surface area contributed by atoms with Crippen LogP contribution >= 0.6 is 0 Å². The van der Waals surface area contributed by atoms with E-state index < -0.39 is 5.97 Å². The van der Waals surface area contributed by atoms with Gasteiger partial charge in [-0.15, -0.1) is 0 Å². The molecule has 0 aromatic carbocycles. The Balaban J connectivity index is 0.000000980. The van der Waals surface area contributed by atoms with Crippen LogP contribution in [0.5, 0.6) is 0 Å². The molecule has 2 aromatic heterocycles. The number of hydrogen-bond acceptors (Lipinski definition) is 2. The first kappa shape index (κ1) is 10.7. The molecule has 4 nitrogen and oxygen atoms in total. The normalized spacial score (nSPS) is 9.79. The van der Waals surface area contributed by atoms with Crippen LogP contribution in [0.4, 0.5) is 0 Å². The molecule has 0 atom stereocenters. The SMILES string of the molecule is Cc1cccc2nc(C(=O)O)cn12.[Br-]. The van der Waals surface area contributed by atoms with Gasteiger partial charge in [0.15, 0.2) is 5.69 Å². The smallest absolute Gasteiger partial charge is 0.356 e. The summed E-state index contributed by atoms with van der Waals surface area (Å²) in [5.74, 6) is -0.997. The minimum atomic E-state index is -0.997. The molecule has 0 fully saturated rings. The van der Waals surface area contributed by atoms with Gasteiger partial charge in [-0.3, -0.25) is 0 Å². The van der Waals surface area contributed by atoms with Gasteiger partial charge < -0.3 is 26.5 Å². The molecule has 0 aliphatic heterocycles. The van der Waals surface area contributed by atoms with Gasteiger partial charge in [0.1, 0.15) is 5.65 Å². The number of aromatic nitrogens is 2. The molecule has 0 aliphatic carbocycles. The van der Waals surface area contributed by atoms with Gasteiger partial charge in [0.2, 0.25) is 0 Å². The van der Waals surface area contributed by atoms with Crippen LogP contribution in [0.3, 0.4) is 0 Å². The number of aryl methyl sites for hydroxylation is 1. The number of pyridine rings is 1. The lowest BCUT2D eigenvalue weighted by Crippen LogP contribution is -3.00. The molecule has 0 unspecified atom stereocenters. The average molecular weight is 256 g/mol. The number of rotatable bonds is 1. The van der Waals surface area contributed by atoms with Gasteiger partial charge in [-0.05, 0) is 19.1 Å². The quantitative estimate of drug-likeness (QED) is 0.664. The van der Waals surface area contributed by atoms with Crippen LogP contribution in [-0.4, -0.2) is 20.5 Å². The molecule has 0 spiro atoms. The van der Waals surface area contributed by atoms with Gasteiger partial charge in [0.05, 0.1) is 0 Å². The van der Waals surface area contributed by atoms with Crippen LogP contribution in [0.2, 0.25) is 0 Å². The summed E-state index contributed by atoms with van der Waals surface area (Å²) in [6.07, 6.45) is 1.52. The maximum absolute atomic E-state index is 10.6. The molecule has 14 heavy (non-hydrogen) atoms. The van der Waals surface area contributed by atoms with E-state index in [4.69, 9.17) is 5.11 Å². The maximum Gasteiger partial charge on any atom is 0.356 e. The zero-order valence-corrected chi connectivity index (χ0v) is 9.02. The fraction of sp³-hybridized carbons (Fsp3) is 0.111. The van der Waals surface area contributed by atoms with Crippen molar-refractivity contribution in [1.29, 1.82) is 0 Å². The molecule has 74 valence electrons. The Bertz CT molecular complexity index is 479. The minimum absolute atomic E-state index is 0. The Morgan fingerprint density at radius 1 is 1.50 bits per heavy atom. The highest BCUT2D eigenvalue weighted by atomic mass is 79.9. The van der Waals surface area contributed by atoms with Gasteiger partial charge in [-0.1, -0.05) is 6.07 Å². The average Bonchev–Trinajstić information content (AvgIpc) is 2.49. The predicted molar refractivity (Wildman–Crippen MR) is 46.9 cm³/mol. The van der Waals surface area contributed by atoms with Crippen molar-refractivity contribution in [2.45, 2.75) is 6.92 Å². The number of imidazole rings is 1. The largest absolute Gasteiger partial charge is 1.00 e. The predicted octanol–water partition coefficient (Wildman–Crippen LogP) is -1.66. The zero-order valence-electron chi connectivity index (χ0n) is 7.44. The van der Waals surface area contributed by atoms with E-state index in [-0.39, 0.29) is 22.7 Å². The lowest BCUT2D eigenvalue weighted by atomic mass is 10.4. The molecule has 0 bridgehead atoms. The second-order valence-corrected chi connectivity index (χ2v) is 2.83. The standard InChI is InChI=1S/C9H8N2O2.BrH/c1-6-3-2-4-8-10-7(9(12)13)5-11(6)8;/h2-5H,1H3,(H,12,13);1H/p-1. The van der Waals surface area contributed by atoms with E-state index in [9.17, 15) is 4.79 Å². The van der Waals surface area contributed by atoms with E-state index in [1.54, 1.807) is 10.5 Å². The van der Waals surface area contributed by atoms with Crippen molar-refractivity contribution < 1.29 is 26.9 Å². The molecule has 2 aromatic rings. The second kappa shape index (κ2) is 3.79. The second-order valence-electron chi connectivity index (χ2n) is 2.83. The molecule has 0 radical (unpaired) electrons. The number of halogens is 1. The molecule has 1 N–H and O–H groups in total. The molecule has 0 saturated carbocycles. The van der Waals surface area contributed by atoms with E-state index in [2.05, 4.69) is 4.98 Å². The fourth-order valence-corrected chi connectivity index (χ4v) is 1.25. The molecule has 2 rings (SSSR count). The molecule has 0 saturated heterocycles. The first-order chi connectivity index (χ1) is 6.18. The third-order valence-electron chi connectivity index (χ3n) is 1.92. The Hall–Kier alpha value is -1.36. The van der Waals surface area contributed by atoms with E-state index in [0.29, 0.717) is 5.65 Å². The lowest BCUT2D eigenvalue weighted by molar-refractivity contribution is -0.0000183. The third-order valence-corrected chi connectivity index (χ3v) is 1.92. The van der Waals surface area contributed by atoms with Gasteiger partial charge >= 0.3 is 5.97 Å². The summed E-state index contributed by atoms with van der Waals surface area (Å²) in [4.78, 5) is 14.5. The number of carbonyl (C=O) groups is 1. The molecular weight excluding hydrogens is 248 g/mol. The lowest BCUT2D eigenvalue weighted by Gasteiger charge is -1.95. The summed E-state index contributed by atoms with van der Waals surface area (Å²) in [6, 6.07) is 5.53. The number of carboxylic acid groups (broad SMARTS) is 1. The summed E-state index contributed by atoms with van der Waals surface area (Å²) >= 11 is 0. The van der Waals surface area contributed by atoms with Crippen molar-refractivity contribution in [3.8, 4) is 0 Å². The molecule has 5 heteroatoms. The van der Waals surface area contributed by atoms with Crippen LogP contribution in [0.1, 0.15) is 16.2 Å². The van der Waals surface area contributed by atoms with Crippen LogP contribution in [0.25, 0.3) is 5.65 Å². The third kappa shape index (κ3) is 1.63. The van der Waals surface area contributed by atoms with Crippen molar-refractivity contribution >= 4 is 11.6 Å². The van der Waals surface area contributed by atoms with E-state index in [1.165, 1.54) is 6.20 Å². The van der Waals surface area contributed by atoms with Crippen molar-refractivity contribution in [2.24, 2.45) is 0 Å². The Kier molecular flexibility index (Phi) is 2.90. The number of fused-ring (bicyclic) bond motifs is 1. The summed E-state index contributed by atoms with van der Waals surface area (Å²) in [5, 5.41) is 8.70. The number of hydrogen-bond donors (Lipinski definition) is 1. The first-order valence-electron chi connectivity index (χ1n) is 3.86. The summed E-state index contributed by atoms with van der Waals surface area (Å²) in [6.45, 7) is 1.90. The highest BCUT2D eigenvalue weighted by molar-refractivity contribution is 5.86. The van der Waals surface area contributed by atoms with E-state index >= 15 is 0 Å². The number of aromatic carboxylic acids is 1. The van der Waals surface area contributed by atoms with Gasteiger partial charge in [-0.2, -0.15) is 0 Å². The Morgan fingerprint density at radius 2 is 2.21 bits per heavy atom. The Morgan fingerprint density at radius 3 is 2.79 bits per heavy atom. The van der Waals surface area contributed by atoms with Crippen LogP contribution < -0.4 is 17.0 Å². The fourth-order valence-electron chi connectivity index (χ4n) is 1.25. The highest BCUT2D eigenvalue weighted by Crippen LogP contribution is 2.07. The van der Waals surface area contributed by atoms with Gasteiger partial charge in [0, 0.05) is 11.9 Å². The van der Waals surface area contributed by atoms with Crippen molar-refractivity contribution in [2.75, 3.05) is 0 Å². The molecule has 2 heterocycles. The van der Waals surface area contributed by atoms with Crippen LogP contribution in [0.15, 0.2) is 24.4 Å². The monoisotopic (exact) mass is 255 g/mol. The number of nitrogens with zero attached hydrogens (tertiary/aromatic N) is 2. The van der Waals surface area contributed by atoms with E-state index in [1.807, 2.05) is 19.1 Å². The van der Waals surface area contributed by atoms with Crippen molar-refractivity contribution in [1.82, 2.24) is 9.38 Å². The Labute approximate surface area is 91.0 Å². The van der Waals surface area contributed by atoms with Crippen molar-refractivity contribution in [3.63, 3.8) is 0 Å². The van der Waals surface area contributed by atoms with Crippen molar-refractivity contribution in [3.05, 3.63) is 35.8 Å². The van der Waals surface area contributed by atoms with Gasteiger partial charge in [-0.25, -0.2) is 9.78 Å². The molecular formula is C9H8BrN2O2-. The van der Waals surface area contributed by atoms with Crippen LogP contribution in [0, 0.1) is 6.92 Å². The molecule has 0 amide bonds. The zero-order chi connectivity index (χ0) is 9.42. The van der Waals surface area contributed by atoms with E-state index in [0.717, 1.165) is 5.69 Å². The first-order valence-corrected chi connectivity index (χ1v) is 3.86. The summed E-state index contributed by atoms with van der Waals surface area (Å²) in [7, 11) is 0. The summed E-state index contributed by atoms with van der Waals surface area (Å²) < 4.78 is 1.75.